The van der Waals surface area contributed by atoms with Gasteiger partial charge in [-0.3, -0.25) is 0 Å². The average molecular weight is 1200 g/mol. The van der Waals surface area contributed by atoms with Crippen LogP contribution in [0.25, 0.3) is 10.4 Å². The van der Waals surface area contributed by atoms with Gasteiger partial charge in [-0.1, -0.05) is 0 Å². The number of rotatable bonds is 22. The van der Waals surface area contributed by atoms with Gasteiger partial charge in [-0.15, -0.1) is 0 Å². The van der Waals surface area contributed by atoms with Crippen molar-refractivity contribution in [3.05, 3.63) is 10.4 Å². The van der Waals surface area contributed by atoms with Crippen molar-refractivity contribution >= 4 is 18.7 Å². The van der Waals surface area contributed by atoms with Crippen LogP contribution in [0.1, 0.15) is 19.3 Å². The van der Waals surface area contributed by atoms with Gasteiger partial charge in [-0.05, 0) is 0 Å². The Hall–Kier alpha value is -2.62. The fourth-order valence-corrected chi connectivity index (χ4v) is 14.9. The van der Waals surface area contributed by atoms with Gasteiger partial charge in [0.25, 0.3) is 0 Å². The summed E-state index contributed by atoms with van der Waals surface area (Å²) in [5.41, 5.74) is 8.65. The number of hydrogen-bond donors (Lipinski definition) is 0. The second-order valence-corrected chi connectivity index (χ2v) is 25.3. The molecule has 0 aliphatic heterocycles. The molecule has 0 aromatic carbocycles. The molecule has 0 N–H and O–H groups in total. The molecule has 0 saturated heterocycles. The van der Waals surface area contributed by atoms with E-state index in [0.717, 1.165) is 0 Å². The Bertz CT molecular complexity index is 1590. The van der Waals surface area contributed by atoms with Crippen LogP contribution in [0.15, 0.2) is 3.34 Å². The summed E-state index contributed by atoms with van der Waals surface area (Å²) < 4.78 is 520. The van der Waals surface area contributed by atoms with Crippen LogP contribution in [0.5, 0.6) is 0 Å². The monoisotopic (exact) mass is 1200 g/mol. The minimum absolute atomic E-state index is 1.18. The summed E-state index contributed by atoms with van der Waals surface area (Å²) in [6.07, 6.45) is -37.1. The molecule has 0 heterocycles. The van der Waals surface area contributed by atoms with E-state index in [4.69, 9.17) is 5.53 Å². The molecule has 0 aromatic rings. The first-order chi connectivity index (χ1) is 28.4. The number of alkyl halides is 39. The van der Waals surface area contributed by atoms with Crippen LogP contribution < -0.4 is 0 Å². The van der Waals surface area contributed by atoms with E-state index in [1.54, 1.807) is 3.34 Å². The van der Waals surface area contributed by atoms with Crippen LogP contribution >= 0.6 is 0 Å². The molecule has 0 aromatic heterocycles. The predicted octanol–water partition coefficient (Wildman–Crippen LogP) is 15.6. The Labute approximate surface area is 344 Å². The third kappa shape index (κ3) is 9.64. The number of azide groups is 1. The molecule has 0 rings (SSSR count). The predicted molar refractivity (Wildman–Crippen MR) is 136 cm³/mol. The van der Waals surface area contributed by atoms with Crippen LogP contribution in [0.2, 0.25) is 13.3 Å². The molecule has 0 amide bonds. The zero-order valence-corrected chi connectivity index (χ0v) is 32.7. The van der Waals surface area contributed by atoms with Crippen molar-refractivity contribution in [3.63, 3.8) is 0 Å². The van der Waals surface area contributed by atoms with Gasteiger partial charge in [-0.2, -0.15) is 0 Å². The summed E-state index contributed by atoms with van der Waals surface area (Å²) in [6, 6.07) is 0. The molecular weight excluding hydrogens is 1190 g/mol. The van der Waals surface area contributed by atoms with Crippen LogP contribution in [-0.2, 0) is 0 Å². The van der Waals surface area contributed by atoms with Crippen LogP contribution in [-0.4, -0.2) is 126 Å². The molecule has 0 saturated carbocycles. The Morgan fingerprint density at radius 1 is 0.254 bits per heavy atom. The van der Waals surface area contributed by atoms with Gasteiger partial charge >= 0.3 is 344 Å². The van der Waals surface area contributed by atoms with E-state index < -0.39 is 159 Å². The van der Waals surface area contributed by atoms with Gasteiger partial charge in [0.1, 0.15) is 0 Å². The zero-order chi connectivity index (χ0) is 55.2. The molecular formula is C24H12F39N3Sn. The Morgan fingerprint density at radius 3 is 0.537 bits per heavy atom. The molecule has 3 nitrogen and oxygen atoms in total. The van der Waals surface area contributed by atoms with Gasteiger partial charge in [-0.25, -0.2) is 0 Å². The topological polar surface area (TPSA) is 48.8 Å². The first kappa shape index (κ1) is 64.4. The number of halogens is 39. The van der Waals surface area contributed by atoms with Crippen molar-refractivity contribution in [2.24, 2.45) is 3.34 Å². The van der Waals surface area contributed by atoms with Crippen molar-refractivity contribution in [2.75, 3.05) is 0 Å². The summed E-state index contributed by atoms with van der Waals surface area (Å²) in [5.74, 6) is -128. The van der Waals surface area contributed by atoms with Gasteiger partial charge in [0, 0.05) is 0 Å². The molecule has 0 aliphatic carbocycles. The normalized spacial score (nSPS) is 16.6. The maximum absolute atomic E-state index is 14.6. The van der Waals surface area contributed by atoms with Crippen molar-refractivity contribution in [1.82, 2.24) is 0 Å². The first-order valence-corrected chi connectivity index (χ1v) is 22.7. The van der Waals surface area contributed by atoms with E-state index in [-0.39, 0.29) is 0 Å². The van der Waals surface area contributed by atoms with Crippen LogP contribution in [0.3, 0.4) is 0 Å². The summed E-state index contributed by atoms with van der Waals surface area (Å²) in [5, 5.41) is 0. The third-order valence-electron chi connectivity index (χ3n) is 8.97. The van der Waals surface area contributed by atoms with Gasteiger partial charge in [0.05, 0.1) is 0 Å². The Kier molecular flexibility index (Phi) is 16.6. The summed E-state index contributed by atoms with van der Waals surface area (Å²) >= 11 is -8.48. The second-order valence-electron chi connectivity index (χ2n) is 13.4. The van der Waals surface area contributed by atoms with Crippen LogP contribution in [0, 0.1) is 0 Å². The first-order valence-electron chi connectivity index (χ1n) is 15.4. The molecule has 0 bridgehead atoms. The molecule has 0 fully saturated rings. The Balaban J connectivity index is 8.04. The van der Waals surface area contributed by atoms with Crippen molar-refractivity contribution in [1.29, 1.82) is 0 Å². The molecule has 0 unspecified atom stereocenters. The second kappa shape index (κ2) is 17.3. The summed E-state index contributed by atoms with van der Waals surface area (Å²) in [4.78, 5) is 1.18. The van der Waals surface area contributed by atoms with E-state index in [0.29, 0.717) is 0 Å². The quantitative estimate of drug-likeness (QED) is 0.0341. The Morgan fingerprint density at radius 2 is 0.403 bits per heavy atom. The van der Waals surface area contributed by atoms with Gasteiger partial charge in [0.2, 0.25) is 0 Å². The van der Waals surface area contributed by atoms with Crippen molar-refractivity contribution in [2.45, 2.75) is 140 Å². The number of nitrogens with zero attached hydrogens (tertiary/aromatic N) is 3. The van der Waals surface area contributed by atoms with E-state index in [1.165, 1.54) is 4.91 Å². The molecule has 0 atom stereocenters. The zero-order valence-electron chi connectivity index (χ0n) is 29.8. The van der Waals surface area contributed by atoms with Crippen LogP contribution in [0.4, 0.5) is 171 Å². The molecule has 0 radical (unpaired) electrons. The standard InChI is InChI=1S/3C8H4F13.N3.Sn/c3*1-2-3(9,10)4(11,12)5(13,14)6(15,16)7(17,18)8(19,20)21;1-3-2;/h3*1-2H2;;/q;;;-1;+1. The van der Waals surface area contributed by atoms with E-state index in [1.807, 2.05) is 0 Å². The minimum atomic E-state index is -8.92. The van der Waals surface area contributed by atoms with E-state index in [9.17, 15) is 171 Å². The third-order valence-corrected chi connectivity index (χ3v) is 20.5. The van der Waals surface area contributed by atoms with Crippen molar-refractivity contribution in [3.8, 4) is 0 Å². The molecule has 0 aliphatic rings. The molecule has 67 heavy (non-hydrogen) atoms. The number of hydrogen-bond acceptors (Lipinski definition) is 1. The fourth-order valence-electron chi connectivity index (χ4n) is 4.67. The van der Waals surface area contributed by atoms with Gasteiger partial charge in [0.15, 0.2) is 0 Å². The van der Waals surface area contributed by atoms with Crippen molar-refractivity contribution < 1.29 is 171 Å². The summed E-state index contributed by atoms with van der Waals surface area (Å²) in [7, 11) is 0. The average Bonchev–Trinajstić information content (AvgIpc) is 3.09. The molecule has 43 heteroatoms. The molecule has 400 valence electrons. The summed E-state index contributed by atoms with van der Waals surface area (Å²) in [6.45, 7) is 0. The molecule has 0 spiro atoms. The maximum atomic E-state index is 14.6. The van der Waals surface area contributed by atoms with Gasteiger partial charge < -0.3 is 0 Å². The fraction of sp³-hybridized carbons (Fsp3) is 1.00. The van der Waals surface area contributed by atoms with E-state index >= 15 is 0 Å². The van der Waals surface area contributed by atoms with E-state index in [2.05, 4.69) is 0 Å². The SMILES string of the molecule is [N-]=[N+]=[N][Sn]([CH2]CC(F)(F)C(F)(F)C(F)(F)C(F)(F)C(F)(F)C(F)(F)F)([CH2]CC(F)(F)C(F)(F)C(F)(F)C(F)(F)C(F)(F)C(F)(F)F)[CH2]CC(F)(F)C(F)(F)C(F)(F)C(F)(F)C(F)(F)C(F)(F)F.